The second-order valence-electron chi connectivity index (χ2n) is 6.44. The van der Waals surface area contributed by atoms with Crippen LogP contribution >= 0.6 is 0 Å². The Morgan fingerprint density at radius 2 is 1.71 bits per heavy atom. The molecule has 2 aromatic rings. The van der Waals surface area contributed by atoms with Crippen LogP contribution in [0.25, 0.3) is 0 Å². The minimum Gasteiger partial charge on any atom is -0.497 e. The number of ether oxygens (including phenoxy) is 2. The Morgan fingerprint density at radius 3 is 2.25 bits per heavy atom. The van der Waals surface area contributed by atoms with Crippen LogP contribution in [0, 0.1) is 0 Å². The Bertz CT molecular complexity index is 949. The van der Waals surface area contributed by atoms with E-state index in [1.54, 1.807) is 37.5 Å². The normalized spacial score (nSPS) is 17.3. The van der Waals surface area contributed by atoms with Crippen molar-refractivity contribution in [3.63, 3.8) is 0 Å². The highest BCUT2D eigenvalue weighted by Crippen LogP contribution is 2.26. The molecule has 0 saturated heterocycles. The predicted octanol–water partition coefficient (Wildman–Crippen LogP) is 2.98. The van der Waals surface area contributed by atoms with E-state index in [1.165, 1.54) is 10.3 Å². The summed E-state index contributed by atoms with van der Waals surface area (Å²) in [4.78, 5) is 14.6. The summed E-state index contributed by atoms with van der Waals surface area (Å²) >= 11 is 0. The number of rotatable bonds is 7. The van der Waals surface area contributed by atoms with Gasteiger partial charge in [-0.25, -0.2) is 8.42 Å². The molecule has 0 saturated carbocycles. The molecule has 1 heterocycles. The lowest BCUT2D eigenvalue weighted by Gasteiger charge is -2.28. The van der Waals surface area contributed by atoms with Gasteiger partial charge in [0.25, 0.3) is 0 Å². The van der Waals surface area contributed by atoms with Gasteiger partial charge >= 0.3 is 0 Å². The molecule has 7 heteroatoms. The van der Waals surface area contributed by atoms with E-state index in [4.69, 9.17) is 9.47 Å². The second kappa shape index (κ2) is 8.48. The quantitative estimate of drug-likeness (QED) is 0.713. The highest BCUT2D eigenvalue weighted by atomic mass is 32.2. The van der Waals surface area contributed by atoms with Crippen LogP contribution in [0.1, 0.15) is 12.5 Å². The number of carbonyl (C=O) groups is 1. The molecule has 0 spiro atoms. The van der Waals surface area contributed by atoms with Gasteiger partial charge in [-0.2, -0.15) is 0 Å². The molecule has 0 aromatic heterocycles. The van der Waals surface area contributed by atoms with Crippen LogP contribution in [0.4, 0.5) is 5.69 Å². The van der Waals surface area contributed by atoms with Gasteiger partial charge in [-0.15, -0.1) is 0 Å². The van der Waals surface area contributed by atoms with Gasteiger partial charge in [0, 0.05) is 11.1 Å². The molecule has 0 fully saturated rings. The minimum absolute atomic E-state index is 0.117. The SMILES string of the molecule is CCOc1ccc(CC(=O)N(c2ccc(OC)cc2)[C@H]2C=CS(=O)(=O)C2)cc1. The molecule has 1 aliphatic heterocycles. The van der Waals surface area contributed by atoms with Crippen molar-refractivity contribution in [1.29, 1.82) is 0 Å². The summed E-state index contributed by atoms with van der Waals surface area (Å²) in [5, 5.41) is 1.18. The smallest absolute Gasteiger partial charge is 0.231 e. The summed E-state index contributed by atoms with van der Waals surface area (Å²) in [5.41, 5.74) is 1.46. The Hall–Kier alpha value is -2.80. The van der Waals surface area contributed by atoms with Gasteiger partial charge in [0.15, 0.2) is 9.84 Å². The second-order valence-corrected chi connectivity index (χ2v) is 8.37. The van der Waals surface area contributed by atoms with Crippen molar-refractivity contribution in [3.8, 4) is 11.5 Å². The molecule has 0 aliphatic carbocycles. The van der Waals surface area contributed by atoms with E-state index >= 15 is 0 Å². The molecule has 0 unspecified atom stereocenters. The minimum atomic E-state index is -3.30. The maximum atomic E-state index is 13.1. The van der Waals surface area contributed by atoms with Crippen molar-refractivity contribution in [2.75, 3.05) is 24.4 Å². The molecule has 0 bridgehead atoms. The average Bonchev–Trinajstić information content (AvgIpc) is 3.03. The lowest BCUT2D eigenvalue weighted by molar-refractivity contribution is -0.118. The molecule has 6 nitrogen and oxygen atoms in total. The molecule has 1 amide bonds. The van der Waals surface area contributed by atoms with Gasteiger partial charge in [0.2, 0.25) is 5.91 Å². The van der Waals surface area contributed by atoms with Crippen molar-refractivity contribution in [2.45, 2.75) is 19.4 Å². The van der Waals surface area contributed by atoms with Crippen LogP contribution < -0.4 is 14.4 Å². The van der Waals surface area contributed by atoms with Crippen LogP contribution in [-0.2, 0) is 21.1 Å². The standard InChI is InChI=1S/C21H23NO5S/c1-3-27-20-8-4-16(5-9-20)14-21(23)22(18-12-13-28(24,25)15-18)17-6-10-19(26-2)11-7-17/h4-13,18H,3,14-15H2,1-2H3/t18-/m0/s1. The zero-order chi connectivity index (χ0) is 20.1. The van der Waals surface area contributed by atoms with Crippen LogP contribution in [0.2, 0.25) is 0 Å². The molecule has 1 aliphatic rings. The highest BCUT2D eigenvalue weighted by Gasteiger charge is 2.31. The Morgan fingerprint density at radius 1 is 1.07 bits per heavy atom. The van der Waals surface area contributed by atoms with Crippen LogP contribution in [0.15, 0.2) is 60.0 Å². The number of benzene rings is 2. The lowest BCUT2D eigenvalue weighted by Crippen LogP contribution is -2.42. The molecule has 28 heavy (non-hydrogen) atoms. The Labute approximate surface area is 165 Å². The maximum absolute atomic E-state index is 13.1. The van der Waals surface area contributed by atoms with Gasteiger partial charge in [0.1, 0.15) is 11.5 Å². The summed E-state index contributed by atoms with van der Waals surface area (Å²) in [6.45, 7) is 2.49. The zero-order valence-electron chi connectivity index (χ0n) is 15.9. The number of carbonyl (C=O) groups excluding carboxylic acids is 1. The zero-order valence-corrected chi connectivity index (χ0v) is 16.7. The summed E-state index contributed by atoms with van der Waals surface area (Å²) < 4.78 is 34.4. The maximum Gasteiger partial charge on any atom is 0.231 e. The third-order valence-electron chi connectivity index (χ3n) is 4.45. The van der Waals surface area contributed by atoms with Crippen LogP contribution in [0.3, 0.4) is 0 Å². The molecule has 3 rings (SSSR count). The summed E-state index contributed by atoms with van der Waals surface area (Å²) in [5.74, 6) is 1.11. The monoisotopic (exact) mass is 401 g/mol. The van der Waals surface area contributed by atoms with Crippen LogP contribution in [0.5, 0.6) is 11.5 Å². The van der Waals surface area contributed by atoms with Gasteiger partial charge in [-0.1, -0.05) is 12.1 Å². The predicted molar refractivity (Wildman–Crippen MR) is 109 cm³/mol. The molecular weight excluding hydrogens is 378 g/mol. The van der Waals surface area contributed by atoms with Crippen molar-refractivity contribution in [2.24, 2.45) is 0 Å². The summed E-state index contributed by atoms with van der Waals surface area (Å²) in [6.07, 6.45) is 1.72. The summed E-state index contributed by atoms with van der Waals surface area (Å²) in [6, 6.07) is 13.8. The molecule has 0 N–H and O–H groups in total. The molecule has 2 aromatic carbocycles. The van der Waals surface area contributed by atoms with E-state index in [-0.39, 0.29) is 18.1 Å². The first-order valence-electron chi connectivity index (χ1n) is 9.00. The van der Waals surface area contributed by atoms with Gasteiger partial charge in [-0.05, 0) is 55.0 Å². The fraction of sp³-hybridized carbons (Fsp3) is 0.286. The molecule has 1 atom stereocenters. The number of hydrogen-bond acceptors (Lipinski definition) is 5. The topological polar surface area (TPSA) is 72.9 Å². The van der Waals surface area contributed by atoms with E-state index in [0.29, 0.717) is 18.0 Å². The van der Waals surface area contributed by atoms with Crippen LogP contribution in [-0.4, -0.2) is 39.8 Å². The Kier molecular flexibility index (Phi) is 6.04. The average molecular weight is 401 g/mol. The van der Waals surface area contributed by atoms with E-state index < -0.39 is 15.9 Å². The van der Waals surface area contributed by atoms with Crippen molar-refractivity contribution in [3.05, 3.63) is 65.6 Å². The fourth-order valence-corrected chi connectivity index (χ4v) is 4.38. The van der Waals surface area contributed by atoms with Crippen molar-refractivity contribution in [1.82, 2.24) is 0 Å². The van der Waals surface area contributed by atoms with E-state index in [1.807, 2.05) is 31.2 Å². The van der Waals surface area contributed by atoms with E-state index in [2.05, 4.69) is 0 Å². The lowest BCUT2D eigenvalue weighted by atomic mass is 10.1. The first kappa shape index (κ1) is 19.9. The van der Waals surface area contributed by atoms with Gasteiger partial charge < -0.3 is 14.4 Å². The number of sulfone groups is 1. The number of anilines is 1. The van der Waals surface area contributed by atoms with E-state index in [9.17, 15) is 13.2 Å². The number of amides is 1. The first-order valence-corrected chi connectivity index (χ1v) is 10.7. The Balaban J connectivity index is 1.85. The fourth-order valence-electron chi connectivity index (χ4n) is 3.11. The molecule has 0 radical (unpaired) electrons. The first-order chi connectivity index (χ1) is 13.4. The van der Waals surface area contributed by atoms with Crippen molar-refractivity contribution < 1.29 is 22.7 Å². The molecular formula is C21H23NO5S. The third-order valence-corrected chi connectivity index (χ3v) is 5.83. The van der Waals surface area contributed by atoms with Gasteiger partial charge in [-0.3, -0.25) is 4.79 Å². The van der Waals surface area contributed by atoms with E-state index in [0.717, 1.165) is 11.3 Å². The highest BCUT2D eigenvalue weighted by molar-refractivity contribution is 7.94. The number of nitrogens with zero attached hydrogens (tertiary/aromatic N) is 1. The largest absolute Gasteiger partial charge is 0.497 e. The van der Waals surface area contributed by atoms with Crippen molar-refractivity contribution >= 4 is 21.4 Å². The van der Waals surface area contributed by atoms with Gasteiger partial charge in [0.05, 0.1) is 31.9 Å². The number of hydrogen-bond donors (Lipinski definition) is 0. The third kappa shape index (κ3) is 4.72. The summed E-state index contributed by atoms with van der Waals surface area (Å²) in [7, 11) is -1.73. The molecule has 148 valence electrons. The number of methoxy groups -OCH3 is 1.